The summed E-state index contributed by atoms with van der Waals surface area (Å²) in [6.07, 6.45) is -1.88. The predicted molar refractivity (Wildman–Crippen MR) is 42.8 cm³/mol. The number of halogens is 1. The smallest absolute Gasteiger partial charge is 0.301 e. The summed E-state index contributed by atoms with van der Waals surface area (Å²) < 4.78 is 22.4. The maximum Gasteiger partial charge on any atom is 0.301 e. The molecule has 1 aliphatic heterocycles. The summed E-state index contributed by atoms with van der Waals surface area (Å²) in [6, 6.07) is 4.75. The van der Waals surface area contributed by atoms with Crippen molar-refractivity contribution >= 4 is 5.78 Å². The molecule has 13 heavy (non-hydrogen) atoms. The average molecular weight is 182 g/mol. The van der Waals surface area contributed by atoms with Crippen LogP contribution in [0.1, 0.15) is 10.4 Å². The molecule has 1 unspecified atom stereocenters. The van der Waals surface area contributed by atoms with Gasteiger partial charge in [-0.15, -0.1) is 0 Å². The molecular formula is C9H7FO3. The normalized spacial score (nSPS) is 19.5. The third-order valence-corrected chi connectivity index (χ3v) is 1.89. The van der Waals surface area contributed by atoms with Crippen LogP contribution in [0.4, 0.5) is 4.39 Å². The minimum atomic E-state index is -1.88. The molecule has 1 heterocycles. The number of rotatable bonds is 1. The Labute approximate surface area is 74.1 Å². The van der Waals surface area contributed by atoms with Gasteiger partial charge in [-0.05, 0) is 12.1 Å². The molecule has 4 heteroatoms. The Bertz CT molecular complexity index is 362. The molecule has 0 N–H and O–H groups in total. The summed E-state index contributed by atoms with van der Waals surface area (Å²) in [4.78, 5) is 11.1. The maximum absolute atomic E-state index is 12.8. The summed E-state index contributed by atoms with van der Waals surface area (Å²) in [5.41, 5.74) is 0.242. The van der Waals surface area contributed by atoms with Crippen molar-refractivity contribution in [3.8, 4) is 11.5 Å². The highest BCUT2D eigenvalue weighted by atomic mass is 19.1. The molecular weight excluding hydrogens is 175 g/mol. The van der Waals surface area contributed by atoms with Crippen LogP contribution in [0.5, 0.6) is 11.5 Å². The first-order chi connectivity index (χ1) is 6.24. The van der Waals surface area contributed by atoms with E-state index in [1.165, 1.54) is 13.2 Å². The molecule has 0 spiro atoms. The van der Waals surface area contributed by atoms with Crippen LogP contribution >= 0.6 is 0 Å². The predicted octanol–water partition coefficient (Wildman–Crippen LogP) is 1.57. The molecule has 1 aromatic carbocycles. The number of ketones is 1. The Kier molecular flexibility index (Phi) is 1.69. The fourth-order valence-electron chi connectivity index (χ4n) is 1.27. The van der Waals surface area contributed by atoms with Crippen LogP contribution in [-0.2, 0) is 0 Å². The second-order valence-corrected chi connectivity index (χ2v) is 2.64. The lowest BCUT2D eigenvalue weighted by molar-refractivity contribution is 0.0554. The fraction of sp³-hybridized carbons (Fsp3) is 0.222. The molecule has 0 bridgehead atoms. The van der Waals surface area contributed by atoms with Crippen LogP contribution < -0.4 is 9.47 Å². The summed E-state index contributed by atoms with van der Waals surface area (Å²) in [6.45, 7) is 0. The van der Waals surface area contributed by atoms with E-state index in [9.17, 15) is 9.18 Å². The van der Waals surface area contributed by atoms with Crippen LogP contribution in [0.15, 0.2) is 18.2 Å². The molecule has 0 saturated carbocycles. The van der Waals surface area contributed by atoms with E-state index in [4.69, 9.17) is 9.47 Å². The number of hydrogen-bond acceptors (Lipinski definition) is 3. The number of alkyl halides is 1. The van der Waals surface area contributed by atoms with Gasteiger partial charge in [-0.1, -0.05) is 6.07 Å². The molecule has 0 fully saturated rings. The molecule has 1 atom stereocenters. The molecule has 0 radical (unpaired) electrons. The third-order valence-electron chi connectivity index (χ3n) is 1.89. The SMILES string of the molecule is COc1cccc2c1OC(F)C2=O. The van der Waals surface area contributed by atoms with Gasteiger partial charge in [-0.25, -0.2) is 0 Å². The quantitative estimate of drug-likeness (QED) is 0.661. The second-order valence-electron chi connectivity index (χ2n) is 2.64. The topological polar surface area (TPSA) is 35.5 Å². The van der Waals surface area contributed by atoms with E-state index in [0.717, 1.165) is 0 Å². The molecule has 0 aliphatic carbocycles. The van der Waals surface area contributed by atoms with E-state index in [1.54, 1.807) is 12.1 Å². The Balaban J connectivity index is 2.55. The number of carbonyl (C=O) groups excluding carboxylic acids is 1. The highest BCUT2D eigenvalue weighted by Crippen LogP contribution is 2.37. The largest absolute Gasteiger partial charge is 0.493 e. The number of fused-ring (bicyclic) bond motifs is 1. The van der Waals surface area contributed by atoms with Crippen molar-refractivity contribution in [2.45, 2.75) is 6.36 Å². The first kappa shape index (κ1) is 8.04. The van der Waals surface area contributed by atoms with Gasteiger partial charge in [-0.3, -0.25) is 4.79 Å². The summed E-state index contributed by atoms with van der Waals surface area (Å²) in [7, 11) is 1.44. The van der Waals surface area contributed by atoms with Crippen molar-refractivity contribution < 1.29 is 18.7 Å². The third kappa shape index (κ3) is 1.06. The van der Waals surface area contributed by atoms with Crippen LogP contribution in [0.3, 0.4) is 0 Å². The zero-order chi connectivity index (χ0) is 9.42. The Morgan fingerprint density at radius 1 is 1.54 bits per heavy atom. The zero-order valence-electron chi connectivity index (χ0n) is 6.91. The molecule has 0 saturated heterocycles. The van der Waals surface area contributed by atoms with Gasteiger partial charge in [0.2, 0.25) is 5.78 Å². The lowest BCUT2D eigenvalue weighted by Gasteiger charge is -2.04. The number of hydrogen-bond donors (Lipinski definition) is 0. The Morgan fingerprint density at radius 2 is 2.31 bits per heavy atom. The van der Waals surface area contributed by atoms with Gasteiger partial charge in [0.15, 0.2) is 11.5 Å². The number of benzene rings is 1. The fourth-order valence-corrected chi connectivity index (χ4v) is 1.27. The number of methoxy groups -OCH3 is 1. The maximum atomic E-state index is 12.8. The van der Waals surface area contributed by atoms with Crippen LogP contribution in [0.2, 0.25) is 0 Å². The van der Waals surface area contributed by atoms with E-state index in [-0.39, 0.29) is 11.3 Å². The minimum absolute atomic E-state index is 0.197. The zero-order valence-corrected chi connectivity index (χ0v) is 6.91. The van der Waals surface area contributed by atoms with Crippen molar-refractivity contribution in [3.05, 3.63) is 23.8 Å². The first-order valence-corrected chi connectivity index (χ1v) is 3.76. The number of para-hydroxylation sites is 1. The van der Waals surface area contributed by atoms with Crippen LogP contribution in [0.25, 0.3) is 0 Å². The minimum Gasteiger partial charge on any atom is -0.493 e. The molecule has 3 nitrogen and oxygen atoms in total. The lowest BCUT2D eigenvalue weighted by Crippen LogP contribution is -2.12. The van der Waals surface area contributed by atoms with Gasteiger partial charge in [-0.2, -0.15) is 4.39 Å². The van der Waals surface area contributed by atoms with Gasteiger partial charge >= 0.3 is 6.36 Å². The van der Waals surface area contributed by atoms with Crippen molar-refractivity contribution in [1.82, 2.24) is 0 Å². The van der Waals surface area contributed by atoms with Crippen molar-refractivity contribution in [3.63, 3.8) is 0 Å². The van der Waals surface area contributed by atoms with Crippen molar-refractivity contribution in [1.29, 1.82) is 0 Å². The Morgan fingerprint density at radius 3 is 3.00 bits per heavy atom. The van der Waals surface area contributed by atoms with Gasteiger partial charge in [0, 0.05) is 0 Å². The van der Waals surface area contributed by atoms with E-state index < -0.39 is 12.1 Å². The molecule has 1 aliphatic rings. The van der Waals surface area contributed by atoms with Gasteiger partial charge in [0.05, 0.1) is 12.7 Å². The lowest BCUT2D eigenvalue weighted by atomic mass is 10.1. The molecule has 2 rings (SSSR count). The average Bonchev–Trinajstić information content (AvgIpc) is 2.43. The Hall–Kier alpha value is -1.58. The van der Waals surface area contributed by atoms with E-state index in [2.05, 4.69) is 0 Å². The molecule has 0 amide bonds. The summed E-state index contributed by atoms with van der Waals surface area (Å²) >= 11 is 0. The highest BCUT2D eigenvalue weighted by Gasteiger charge is 2.34. The number of Topliss-reactive ketones (excluding diaryl/α,β-unsaturated/α-hetero) is 1. The highest BCUT2D eigenvalue weighted by molar-refractivity contribution is 6.04. The van der Waals surface area contributed by atoms with Crippen LogP contribution in [0, 0.1) is 0 Å². The number of ether oxygens (including phenoxy) is 2. The van der Waals surface area contributed by atoms with E-state index >= 15 is 0 Å². The van der Waals surface area contributed by atoms with Crippen molar-refractivity contribution in [2.75, 3.05) is 7.11 Å². The molecule has 1 aromatic rings. The van der Waals surface area contributed by atoms with Gasteiger partial charge < -0.3 is 9.47 Å². The first-order valence-electron chi connectivity index (χ1n) is 3.76. The van der Waals surface area contributed by atoms with Gasteiger partial charge in [0.1, 0.15) is 0 Å². The molecule has 0 aromatic heterocycles. The van der Waals surface area contributed by atoms with Gasteiger partial charge in [0.25, 0.3) is 0 Å². The number of carbonyl (C=O) groups is 1. The van der Waals surface area contributed by atoms with Crippen LogP contribution in [-0.4, -0.2) is 19.3 Å². The molecule has 68 valence electrons. The second kappa shape index (κ2) is 2.73. The summed E-state index contributed by atoms with van der Waals surface area (Å²) in [5.74, 6) is -0.0672. The monoisotopic (exact) mass is 182 g/mol. The van der Waals surface area contributed by atoms with Crippen molar-refractivity contribution in [2.24, 2.45) is 0 Å². The summed E-state index contributed by atoms with van der Waals surface area (Å²) in [5, 5.41) is 0. The van der Waals surface area contributed by atoms with E-state index in [0.29, 0.717) is 5.75 Å². The standard InChI is InChI=1S/C9H7FO3/c1-12-6-4-2-3-5-7(11)9(10)13-8(5)6/h2-4,9H,1H3. The van der Waals surface area contributed by atoms with E-state index in [1.807, 2.05) is 0 Å².